The summed E-state index contributed by atoms with van der Waals surface area (Å²) in [5.74, 6) is 2.40. The van der Waals surface area contributed by atoms with Crippen molar-refractivity contribution in [2.24, 2.45) is 5.73 Å². The fraction of sp³-hybridized carbons (Fsp3) is 0.692. The second kappa shape index (κ2) is 6.51. The first kappa shape index (κ1) is 15.9. The van der Waals surface area contributed by atoms with Crippen LogP contribution in [0.15, 0.2) is 22.8 Å². The first-order valence-electron chi connectivity index (χ1n) is 6.81. The Hall–Kier alpha value is -0.500. The van der Waals surface area contributed by atoms with Gasteiger partial charge in [-0.2, -0.15) is 11.8 Å². The molecule has 3 atom stereocenters. The van der Waals surface area contributed by atoms with Gasteiger partial charge in [0, 0.05) is 29.8 Å². The maximum absolute atomic E-state index is 12.3. The minimum Gasteiger partial charge on any atom is -0.468 e. The van der Waals surface area contributed by atoms with Crippen LogP contribution in [0.1, 0.15) is 25.6 Å². The van der Waals surface area contributed by atoms with Gasteiger partial charge in [-0.15, -0.1) is 0 Å². The molecule has 0 bridgehead atoms. The molecule has 5 nitrogen and oxygen atoms in total. The number of thioether (sulfide) groups is 1. The number of nitrogens with zero attached hydrogens (tertiary/aromatic N) is 1. The van der Waals surface area contributed by atoms with E-state index < -0.39 is 15.2 Å². The minimum absolute atomic E-state index is 0.151. The van der Waals surface area contributed by atoms with Crippen molar-refractivity contribution in [1.82, 2.24) is 4.90 Å². The topological polar surface area (TPSA) is 76.5 Å². The summed E-state index contributed by atoms with van der Waals surface area (Å²) in [6.07, 6.45) is 1.60. The lowest BCUT2D eigenvalue weighted by molar-refractivity contribution is 0.151. The van der Waals surface area contributed by atoms with Gasteiger partial charge in [0.1, 0.15) is 11.1 Å². The van der Waals surface area contributed by atoms with Crippen LogP contribution >= 0.6 is 11.8 Å². The molecule has 0 saturated carbocycles. The second-order valence-corrected chi connectivity index (χ2v) is 8.64. The van der Waals surface area contributed by atoms with E-state index >= 15 is 0 Å². The Bertz CT molecular complexity index is 514. The molecule has 0 aromatic carbocycles. The fourth-order valence-electron chi connectivity index (χ4n) is 2.60. The standard InChI is InChI=1S/C13H22N2O3S2/c1-3-20(16,17)12-9-19-8-6-15(12)13(10(2)14)11-5-4-7-18-11/h4-5,7,10,12-13H,3,6,8-9,14H2,1-2H3. The number of sulfone groups is 1. The summed E-state index contributed by atoms with van der Waals surface area (Å²) in [4.78, 5) is 2.00. The van der Waals surface area contributed by atoms with Crippen LogP contribution in [0.2, 0.25) is 0 Å². The summed E-state index contributed by atoms with van der Waals surface area (Å²) in [7, 11) is -3.13. The summed E-state index contributed by atoms with van der Waals surface area (Å²) >= 11 is 1.68. The van der Waals surface area contributed by atoms with Crippen molar-refractivity contribution in [3.05, 3.63) is 24.2 Å². The van der Waals surface area contributed by atoms with Crippen LogP contribution in [0.4, 0.5) is 0 Å². The smallest absolute Gasteiger partial charge is 0.166 e. The fourth-order valence-corrected chi connectivity index (χ4v) is 5.65. The van der Waals surface area contributed by atoms with Gasteiger partial charge in [-0.25, -0.2) is 8.42 Å². The third kappa shape index (κ3) is 3.21. The molecule has 2 N–H and O–H groups in total. The van der Waals surface area contributed by atoms with E-state index in [1.165, 1.54) is 0 Å². The van der Waals surface area contributed by atoms with Crippen LogP contribution in [0.25, 0.3) is 0 Å². The minimum atomic E-state index is -3.13. The van der Waals surface area contributed by atoms with Crippen molar-refractivity contribution in [3.8, 4) is 0 Å². The molecule has 7 heteroatoms. The first-order valence-corrected chi connectivity index (χ1v) is 9.68. The Morgan fingerprint density at radius 3 is 2.90 bits per heavy atom. The van der Waals surface area contributed by atoms with Gasteiger partial charge in [-0.05, 0) is 19.1 Å². The Morgan fingerprint density at radius 2 is 2.35 bits per heavy atom. The van der Waals surface area contributed by atoms with E-state index in [9.17, 15) is 8.42 Å². The molecule has 0 spiro atoms. The largest absolute Gasteiger partial charge is 0.468 e. The number of rotatable bonds is 5. The van der Waals surface area contributed by atoms with Crippen LogP contribution in [-0.4, -0.2) is 48.5 Å². The molecule has 1 fully saturated rings. The average molecular weight is 318 g/mol. The average Bonchev–Trinajstić information content (AvgIpc) is 2.93. The van der Waals surface area contributed by atoms with Crippen molar-refractivity contribution >= 4 is 21.6 Å². The number of hydrogen-bond donors (Lipinski definition) is 1. The summed E-state index contributed by atoms with van der Waals surface area (Å²) in [6, 6.07) is 3.29. The van der Waals surface area contributed by atoms with Gasteiger partial charge in [0.2, 0.25) is 0 Å². The third-order valence-electron chi connectivity index (χ3n) is 3.63. The molecule has 0 radical (unpaired) electrons. The van der Waals surface area contributed by atoms with Crippen molar-refractivity contribution in [2.75, 3.05) is 23.8 Å². The lowest BCUT2D eigenvalue weighted by Gasteiger charge is -2.40. The van der Waals surface area contributed by atoms with Gasteiger partial charge in [-0.1, -0.05) is 6.92 Å². The van der Waals surface area contributed by atoms with E-state index in [4.69, 9.17) is 10.2 Å². The zero-order valence-electron chi connectivity index (χ0n) is 11.9. The zero-order valence-corrected chi connectivity index (χ0v) is 13.5. The summed E-state index contributed by atoms with van der Waals surface area (Å²) in [6.45, 7) is 4.30. The molecule has 20 heavy (non-hydrogen) atoms. The van der Waals surface area contributed by atoms with E-state index in [0.29, 0.717) is 12.3 Å². The van der Waals surface area contributed by atoms with Crippen LogP contribution in [0.3, 0.4) is 0 Å². The maximum atomic E-state index is 12.3. The van der Waals surface area contributed by atoms with Crippen molar-refractivity contribution in [3.63, 3.8) is 0 Å². The summed E-state index contributed by atoms with van der Waals surface area (Å²) in [5.41, 5.74) is 6.10. The number of furan rings is 1. The van der Waals surface area contributed by atoms with Crippen LogP contribution < -0.4 is 5.73 Å². The normalized spacial score (nSPS) is 24.4. The number of nitrogens with two attached hydrogens (primary N) is 1. The van der Waals surface area contributed by atoms with Crippen molar-refractivity contribution in [2.45, 2.75) is 31.3 Å². The molecule has 2 rings (SSSR count). The molecule has 1 saturated heterocycles. The molecular weight excluding hydrogens is 296 g/mol. The molecule has 114 valence electrons. The van der Waals surface area contributed by atoms with Crippen LogP contribution in [-0.2, 0) is 9.84 Å². The Kier molecular flexibility index (Phi) is 5.17. The highest BCUT2D eigenvalue weighted by atomic mass is 32.2. The third-order valence-corrected chi connectivity index (χ3v) is 6.94. The van der Waals surface area contributed by atoms with E-state index in [0.717, 1.165) is 11.5 Å². The first-order chi connectivity index (χ1) is 9.47. The van der Waals surface area contributed by atoms with Gasteiger partial charge >= 0.3 is 0 Å². The lowest BCUT2D eigenvalue weighted by Crippen LogP contribution is -2.52. The van der Waals surface area contributed by atoms with Crippen LogP contribution in [0, 0.1) is 0 Å². The quantitative estimate of drug-likeness (QED) is 0.886. The molecule has 1 aromatic heterocycles. The molecule has 1 aliphatic heterocycles. The predicted octanol–water partition coefficient (Wildman–Crippen LogP) is 1.48. The molecule has 0 amide bonds. The summed E-state index contributed by atoms with van der Waals surface area (Å²) < 4.78 is 30.2. The molecular formula is C13H22N2O3S2. The van der Waals surface area contributed by atoms with Crippen molar-refractivity contribution in [1.29, 1.82) is 0 Å². The maximum Gasteiger partial charge on any atom is 0.166 e. The van der Waals surface area contributed by atoms with E-state index in [1.54, 1.807) is 24.9 Å². The zero-order chi connectivity index (χ0) is 14.8. The highest BCUT2D eigenvalue weighted by Crippen LogP contribution is 2.32. The van der Waals surface area contributed by atoms with Crippen molar-refractivity contribution < 1.29 is 12.8 Å². The highest BCUT2D eigenvalue weighted by molar-refractivity contribution is 8.01. The monoisotopic (exact) mass is 318 g/mol. The highest BCUT2D eigenvalue weighted by Gasteiger charge is 2.39. The molecule has 0 aliphatic carbocycles. The van der Waals surface area contributed by atoms with Gasteiger partial charge in [0.15, 0.2) is 9.84 Å². The number of hydrogen-bond acceptors (Lipinski definition) is 6. The van der Waals surface area contributed by atoms with Gasteiger partial charge in [-0.3, -0.25) is 4.90 Å². The molecule has 3 unspecified atom stereocenters. The predicted molar refractivity (Wildman–Crippen MR) is 82.4 cm³/mol. The van der Waals surface area contributed by atoms with Crippen LogP contribution in [0.5, 0.6) is 0 Å². The molecule has 2 heterocycles. The molecule has 1 aliphatic rings. The lowest BCUT2D eigenvalue weighted by atomic mass is 10.1. The second-order valence-electron chi connectivity index (χ2n) is 5.04. The summed E-state index contributed by atoms with van der Waals surface area (Å²) in [5, 5.41) is -0.479. The Balaban J connectivity index is 2.34. The van der Waals surface area contributed by atoms with Gasteiger partial charge in [0.25, 0.3) is 0 Å². The van der Waals surface area contributed by atoms with Gasteiger partial charge < -0.3 is 10.2 Å². The SMILES string of the molecule is CCS(=O)(=O)C1CSCCN1C(c1ccco1)C(C)N. The van der Waals surface area contributed by atoms with E-state index in [-0.39, 0.29) is 17.8 Å². The molecule has 1 aromatic rings. The van der Waals surface area contributed by atoms with Gasteiger partial charge in [0.05, 0.1) is 12.3 Å². The Morgan fingerprint density at radius 1 is 1.60 bits per heavy atom. The van der Waals surface area contributed by atoms with E-state index in [1.807, 2.05) is 24.0 Å². The van der Waals surface area contributed by atoms with E-state index in [2.05, 4.69) is 0 Å². The Labute approximate surface area is 124 Å².